The van der Waals surface area contributed by atoms with E-state index in [9.17, 15) is 9.59 Å². The van der Waals surface area contributed by atoms with E-state index in [2.05, 4.69) is 5.32 Å². The maximum Gasteiger partial charge on any atom is 0.329 e. The summed E-state index contributed by atoms with van der Waals surface area (Å²) < 4.78 is 0. The van der Waals surface area contributed by atoms with Gasteiger partial charge in [0.1, 0.15) is 5.54 Å². The molecule has 2 amide bonds. The number of nitrogens with zero attached hydrogens (tertiary/aromatic N) is 1. The number of hydrogen-bond acceptors (Lipinski definition) is 2. The highest BCUT2D eigenvalue weighted by molar-refractivity contribution is 5.85. The fourth-order valence-electron chi connectivity index (χ4n) is 1.16. The molecule has 0 aromatic heterocycles. The van der Waals surface area contributed by atoms with Crippen LogP contribution in [0.3, 0.4) is 0 Å². The molecule has 0 aliphatic carbocycles. The van der Waals surface area contributed by atoms with E-state index in [1.54, 1.807) is 0 Å². The number of carboxylic acid groups (broad SMARTS) is 1. The second kappa shape index (κ2) is 5.72. The standard InChI is InChI=1S/C11H22N2O3/c1-6-8(7-2)12-10(16)13(5)11(3,4)9(14)15/h8H,6-7H2,1-5H3,(H,12,16)(H,14,15). The Kier molecular flexibility index (Phi) is 5.27. The molecule has 0 rings (SSSR count). The highest BCUT2D eigenvalue weighted by atomic mass is 16.4. The molecular formula is C11H22N2O3. The average molecular weight is 230 g/mol. The Morgan fingerprint density at radius 3 is 2.06 bits per heavy atom. The lowest BCUT2D eigenvalue weighted by molar-refractivity contribution is -0.146. The van der Waals surface area contributed by atoms with E-state index in [1.165, 1.54) is 25.8 Å². The second-order valence-electron chi connectivity index (χ2n) is 4.39. The molecule has 0 saturated heterocycles. The minimum atomic E-state index is -1.20. The van der Waals surface area contributed by atoms with E-state index in [0.717, 1.165) is 12.8 Å². The summed E-state index contributed by atoms with van der Waals surface area (Å²) in [6, 6.07) is -0.249. The van der Waals surface area contributed by atoms with Crippen LogP contribution in [0.5, 0.6) is 0 Å². The third-order valence-electron chi connectivity index (χ3n) is 2.98. The van der Waals surface area contributed by atoms with Crippen LogP contribution in [0.25, 0.3) is 0 Å². The van der Waals surface area contributed by atoms with Gasteiger partial charge >= 0.3 is 12.0 Å². The van der Waals surface area contributed by atoms with Crippen molar-refractivity contribution in [2.24, 2.45) is 0 Å². The van der Waals surface area contributed by atoms with Gasteiger partial charge in [0.25, 0.3) is 0 Å². The average Bonchev–Trinajstić information content (AvgIpc) is 2.23. The molecule has 0 spiro atoms. The number of aliphatic carboxylic acids is 1. The van der Waals surface area contributed by atoms with Crippen molar-refractivity contribution in [1.82, 2.24) is 10.2 Å². The number of likely N-dealkylation sites (N-methyl/N-ethyl adjacent to an activating group) is 1. The number of carboxylic acids is 1. The van der Waals surface area contributed by atoms with Crippen LogP contribution in [0, 0.1) is 0 Å². The van der Waals surface area contributed by atoms with Gasteiger partial charge < -0.3 is 15.3 Å². The van der Waals surface area contributed by atoms with E-state index in [1.807, 2.05) is 13.8 Å². The van der Waals surface area contributed by atoms with Crippen molar-refractivity contribution in [2.75, 3.05) is 7.05 Å². The maximum absolute atomic E-state index is 11.8. The van der Waals surface area contributed by atoms with Crippen molar-refractivity contribution >= 4 is 12.0 Å². The first kappa shape index (κ1) is 14.7. The minimum absolute atomic E-state index is 0.0968. The van der Waals surface area contributed by atoms with Gasteiger partial charge in [0, 0.05) is 13.1 Å². The normalized spacial score (nSPS) is 11.4. The topological polar surface area (TPSA) is 69.6 Å². The summed E-state index contributed by atoms with van der Waals surface area (Å²) in [5.41, 5.74) is -1.20. The quantitative estimate of drug-likeness (QED) is 0.755. The van der Waals surface area contributed by atoms with E-state index in [-0.39, 0.29) is 12.1 Å². The zero-order valence-electron chi connectivity index (χ0n) is 10.7. The zero-order valence-corrected chi connectivity index (χ0v) is 10.7. The summed E-state index contributed by atoms with van der Waals surface area (Å²) in [6.07, 6.45) is 1.67. The molecule has 5 nitrogen and oxygen atoms in total. The van der Waals surface area contributed by atoms with Gasteiger partial charge in [-0.2, -0.15) is 0 Å². The molecule has 16 heavy (non-hydrogen) atoms. The van der Waals surface area contributed by atoms with Gasteiger partial charge in [-0.1, -0.05) is 13.8 Å². The maximum atomic E-state index is 11.8. The van der Waals surface area contributed by atoms with Crippen LogP contribution >= 0.6 is 0 Å². The Hall–Kier alpha value is -1.26. The minimum Gasteiger partial charge on any atom is -0.480 e. The molecule has 0 saturated carbocycles. The van der Waals surface area contributed by atoms with Crippen LogP contribution in [0.1, 0.15) is 40.5 Å². The number of amides is 2. The first-order chi connectivity index (χ1) is 7.27. The van der Waals surface area contributed by atoms with Gasteiger partial charge in [-0.05, 0) is 26.7 Å². The molecule has 94 valence electrons. The molecule has 2 N–H and O–H groups in total. The fourth-order valence-corrected chi connectivity index (χ4v) is 1.16. The largest absolute Gasteiger partial charge is 0.480 e. The summed E-state index contributed by atoms with van der Waals surface area (Å²) in [5, 5.41) is 11.8. The van der Waals surface area contributed by atoms with Crippen LogP contribution in [0.2, 0.25) is 0 Å². The van der Waals surface area contributed by atoms with Gasteiger partial charge in [-0.25, -0.2) is 9.59 Å². The van der Waals surface area contributed by atoms with Gasteiger partial charge in [0.2, 0.25) is 0 Å². The summed E-state index contributed by atoms with van der Waals surface area (Å²) in [7, 11) is 1.49. The fraction of sp³-hybridized carbons (Fsp3) is 0.818. The summed E-state index contributed by atoms with van der Waals surface area (Å²) in [4.78, 5) is 24.0. The number of hydrogen-bond donors (Lipinski definition) is 2. The van der Waals surface area contributed by atoms with Gasteiger partial charge in [0.05, 0.1) is 0 Å². The van der Waals surface area contributed by atoms with Crippen molar-refractivity contribution < 1.29 is 14.7 Å². The highest BCUT2D eigenvalue weighted by Crippen LogP contribution is 2.13. The van der Waals surface area contributed by atoms with E-state index < -0.39 is 11.5 Å². The highest BCUT2D eigenvalue weighted by Gasteiger charge is 2.35. The molecule has 0 aliphatic rings. The van der Waals surface area contributed by atoms with Crippen molar-refractivity contribution in [1.29, 1.82) is 0 Å². The molecule has 0 aromatic rings. The second-order valence-corrected chi connectivity index (χ2v) is 4.39. The lowest BCUT2D eigenvalue weighted by Gasteiger charge is -2.32. The Morgan fingerprint density at radius 1 is 1.31 bits per heavy atom. The zero-order chi connectivity index (χ0) is 12.9. The van der Waals surface area contributed by atoms with Crippen molar-refractivity contribution in [2.45, 2.75) is 52.1 Å². The SMILES string of the molecule is CCC(CC)NC(=O)N(C)C(C)(C)C(=O)O. The third-order valence-corrected chi connectivity index (χ3v) is 2.98. The molecule has 0 unspecified atom stereocenters. The van der Waals surface area contributed by atoms with Crippen LogP contribution in [-0.4, -0.2) is 40.6 Å². The molecule has 0 aromatic carbocycles. The van der Waals surface area contributed by atoms with Gasteiger partial charge in [0.15, 0.2) is 0 Å². The Labute approximate surface area is 96.8 Å². The summed E-state index contributed by atoms with van der Waals surface area (Å²) in [5.74, 6) is -1.02. The summed E-state index contributed by atoms with van der Waals surface area (Å²) >= 11 is 0. The van der Waals surface area contributed by atoms with Crippen LogP contribution in [0.4, 0.5) is 4.79 Å². The Bertz CT molecular complexity index is 260. The predicted octanol–water partition coefficient (Wildman–Crippen LogP) is 1.68. The van der Waals surface area contributed by atoms with Crippen molar-refractivity contribution in [3.63, 3.8) is 0 Å². The molecule has 0 heterocycles. The van der Waals surface area contributed by atoms with Crippen molar-refractivity contribution in [3.05, 3.63) is 0 Å². The van der Waals surface area contributed by atoms with E-state index in [0.29, 0.717) is 0 Å². The number of nitrogens with one attached hydrogen (secondary N) is 1. The van der Waals surface area contributed by atoms with E-state index >= 15 is 0 Å². The molecule has 0 aliphatic heterocycles. The first-order valence-electron chi connectivity index (χ1n) is 5.55. The lowest BCUT2D eigenvalue weighted by Crippen LogP contribution is -2.55. The van der Waals surface area contributed by atoms with Crippen LogP contribution in [0.15, 0.2) is 0 Å². The Morgan fingerprint density at radius 2 is 1.75 bits per heavy atom. The van der Waals surface area contributed by atoms with E-state index in [4.69, 9.17) is 5.11 Å². The third kappa shape index (κ3) is 3.40. The number of rotatable bonds is 5. The number of carbonyl (C=O) groups excluding carboxylic acids is 1. The Balaban J connectivity index is 4.56. The van der Waals surface area contributed by atoms with Gasteiger partial charge in [-0.3, -0.25) is 0 Å². The van der Waals surface area contributed by atoms with Crippen LogP contribution in [-0.2, 0) is 4.79 Å². The molecule has 0 fully saturated rings. The smallest absolute Gasteiger partial charge is 0.329 e. The number of carbonyl (C=O) groups is 2. The first-order valence-corrected chi connectivity index (χ1v) is 5.55. The van der Waals surface area contributed by atoms with Crippen LogP contribution < -0.4 is 5.32 Å². The molecular weight excluding hydrogens is 208 g/mol. The molecule has 0 radical (unpaired) electrons. The number of urea groups is 1. The monoisotopic (exact) mass is 230 g/mol. The molecule has 0 bridgehead atoms. The molecule has 0 atom stereocenters. The summed E-state index contributed by atoms with van der Waals surface area (Å²) in [6.45, 7) is 6.97. The van der Waals surface area contributed by atoms with Gasteiger partial charge in [-0.15, -0.1) is 0 Å². The lowest BCUT2D eigenvalue weighted by atomic mass is 10.0. The predicted molar refractivity (Wildman–Crippen MR) is 62.4 cm³/mol. The van der Waals surface area contributed by atoms with Crippen molar-refractivity contribution in [3.8, 4) is 0 Å². The molecule has 5 heteroatoms.